The number of hydrogen-bond acceptors (Lipinski definition) is 5. The molecule has 0 radical (unpaired) electrons. The first-order chi connectivity index (χ1) is 9.84. The van der Waals surface area contributed by atoms with Gasteiger partial charge in [0.15, 0.2) is 5.82 Å². The van der Waals surface area contributed by atoms with Gasteiger partial charge in [-0.2, -0.15) is 9.40 Å². The smallest absolute Gasteiger partial charge is 0.243 e. The Morgan fingerprint density at radius 3 is 2.57 bits per heavy atom. The molecule has 0 bridgehead atoms. The van der Waals surface area contributed by atoms with Crippen LogP contribution in [0.15, 0.2) is 23.1 Å². The number of rotatable bonds is 5. The number of hydrogen-bond donors (Lipinski definition) is 1. The summed E-state index contributed by atoms with van der Waals surface area (Å²) >= 11 is 0. The first-order valence-electron chi connectivity index (χ1n) is 6.33. The Balaban J connectivity index is 2.26. The van der Waals surface area contributed by atoms with Crippen LogP contribution in [-0.2, 0) is 16.6 Å². The fourth-order valence-electron chi connectivity index (χ4n) is 1.94. The topological polar surface area (TPSA) is 88.2 Å². The van der Waals surface area contributed by atoms with Crippen LogP contribution in [0.5, 0.6) is 5.75 Å². The molecular formula is C13H18N4O3S. The van der Waals surface area contributed by atoms with Gasteiger partial charge in [-0.3, -0.25) is 5.10 Å². The lowest BCUT2D eigenvalue weighted by molar-refractivity contribution is 0.411. The normalized spacial score (nSPS) is 11.9. The zero-order valence-electron chi connectivity index (χ0n) is 12.4. The number of ether oxygens (including phenoxy) is 1. The lowest BCUT2D eigenvalue weighted by Crippen LogP contribution is -2.27. The Morgan fingerprint density at radius 1 is 1.33 bits per heavy atom. The zero-order chi connectivity index (χ0) is 15.6. The van der Waals surface area contributed by atoms with Crippen LogP contribution in [0.2, 0.25) is 0 Å². The van der Waals surface area contributed by atoms with Crippen molar-refractivity contribution in [3.8, 4) is 5.75 Å². The molecule has 0 spiro atoms. The molecule has 1 aromatic heterocycles. The first kappa shape index (κ1) is 15.5. The number of H-pyrrole nitrogens is 1. The molecule has 0 aliphatic carbocycles. The number of benzene rings is 1. The summed E-state index contributed by atoms with van der Waals surface area (Å²) in [6, 6.07) is 4.77. The summed E-state index contributed by atoms with van der Waals surface area (Å²) < 4.78 is 31.4. The molecule has 0 fully saturated rings. The van der Waals surface area contributed by atoms with Crippen LogP contribution in [0.25, 0.3) is 0 Å². The van der Waals surface area contributed by atoms with Gasteiger partial charge in [0, 0.05) is 7.05 Å². The SMILES string of the molecule is COc1ccc(S(=O)(=O)N(C)Cc2n[nH]c(C)n2)cc1C. The molecule has 0 unspecified atom stereocenters. The van der Waals surface area contributed by atoms with E-state index >= 15 is 0 Å². The number of methoxy groups -OCH3 is 1. The highest BCUT2D eigenvalue weighted by molar-refractivity contribution is 7.89. The van der Waals surface area contributed by atoms with Crippen molar-refractivity contribution in [2.45, 2.75) is 25.3 Å². The van der Waals surface area contributed by atoms with Gasteiger partial charge in [-0.15, -0.1) is 0 Å². The summed E-state index contributed by atoms with van der Waals surface area (Å²) in [5.41, 5.74) is 0.765. The van der Waals surface area contributed by atoms with Gasteiger partial charge in [0.05, 0.1) is 18.6 Å². The van der Waals surface area contributed by atoms with E-state index in [4.69, 9.17) is 4.74 Å². The Morgan fingerprint density at radius 2 is 2.05 bits per heavy atom. The molecule has 0 saturated carbocycles. The van der Waals surface area contributed by atoms with E-state index in [1.165, 1.54) is 17.4 Å². The van der Waals surface area contributed by atoms with Crippen molar-refractivity contribution < 1.29 is 13.2 Å². The van der Waals surface area contributed by atoms with E-state index in [9.17, 15) is 8.42 Å². The molecule has 1 heterocycles. The minimum Gasteiger partial charge on any atom is -0.496 e. The average Bonchev–Trinajstić information content (AvgIpc) is 2.83. The molecule has 0 amide bonds. The van der Waals surface area contributed by atoms with Crippen LogP contribution in [0.1, 0.15) is 17.2 Å². The molecule has 1 aromatic carbocycles. The van der Waals surface area contributed by atoms with Crippen LogP contribution < -0.4 is 4.74 Å². The third-order valence-electron chi connectivity index (χ3n) is 3.08. The number of nitrogens with zero attached hydrogens (tertiary/aromatic N) is 3. The Labute approximate surface area is 124 Å². The predicted molar refractivity (Wildman–Crippen MR) is 77.5 cm³/mol. The van der Waals surface area contributed by atoms with Crippen molar-refractivity contribution in [2.75, 3.05) is 14.2 Å². The molecule has 1 N–H and O–H groups in total. The van der Waals surface area contributed by atoms with Crippen LogP contribution in [0, 0.1) is 13.8 Å². The molecule has 2 rings (SSSR count). The van der Waals surface area contributed by atoms with Crippen molar-refractivity contribution >= 4 is 10.0 Å². The molecule has 0 atom stereocenters. The van der Waals surface area contributed by atoms with E-state index in [2.05, 4.69) is 15.2 Å². The second-order valence-corrected chi connectivity index (χ2v) is 6.77. The number of aromatic amines is 1. The van der Waals surface area contributed by atoms with Crippen LogP contribution in [0.4, 0.5) is 0 Å². The van der Waals surface area contributed by atoms with Crippen LogP contribution in [0.3, 0.4) is 0 Å². The third-order valence-corrected chi connectivity index (χ3v) is 4.88. The van der Waals surface area contributed by atoms with E-state index in [0.717, 1.165) is 5.56 Å². The Hall–Kier alpha value is -1.93. The van der Waals surface area contributed by atoms with E-state index in [-0.39, 0.29) is 11.4 Å². The average molecular weight is 310 g/mol. The second-order valence-electron chi connectivity index (χ2n) is 4.73. The molecule has 7 nitrogen and oxygen atoms in total. The summed E-state index contributed by atoms with van der Waals surface area (Å²) in [4.78, 5) is 4.33. The largest absolute Gasteiger partial charge is 0.496 e. The van der Waals surface area contributed by atoms with Gasteiger partial charge in [0.1, 0.15) is 11.6 Å². The molecule has 114 valence electrons. The van der Waals surface area contributed by atoms with E-state index in [1.54, 1.807) is 33.1 Å². The minimum atomic E-state index is -3.59. The summed E-state index contributed by atoms with van der Waals surface area (Å²) in [6.07, 6.45) is 0. The molecular weight excluding hydrogens is 292 g/mol. The third kappa shape index (κ3) is 3.22. The molecule has 8 heteroatoms. The fraction of sp³-hybridized carbons (Fsp3) is 0.385. The van der Waals surface area contributed by atoms with Crippen molar-refractivity contribution in [2.24, 2.45) is 0 Å². The number of sulfonamides is 1. The Bertz CT molecular complexity index is 740. The van der Waals surface area contributed by atoms with Gasteiger partial charge in [-0.25, -0.2) is 13.4 Å². The van der Waals surface area contributed by atoms with Gasteiger partial charge in [0.2, 0.25) is 10.0 Å². The van der Waals surface area contributed by atoms with Crippen LogP contribution >= 0.6 is 0 Å². The second kappa shape index (κ2) is 5.82. The maximum Gasteiger partial charge on any atom is 0.243 e. The van der Waals surface area contributed by atoms with E-state index < -0.39 is 10.0 Å². The summed E-state index contributed by atoms with van der Waals surface area (Å²) in [5, 5.41) is 6.64. The minimum absolute atomic E-state index is 0.109. The number of nitrogens with one attached hydrogen (secondary N) is 1. The monoisotopic (exact) mass is 310 g/mol. The molecule has 0 aliphatic rings. The predicted octanol–water partition coefficient (Wildman–Crippen LogP) is 1.25. The number of aromatic nitrogens is 3. The zero-order valence-corrected chi connectivity index (χ0v) is 13.2. The summed E-state index contributed by atoms with van der Waals surface area (Å²) in [7, 11) is -0.541. The molecule has 0 aliphatic heterocycles. The van der Waals surface area contributed by atoms with Crippen molar-refractivity contribution in [1.82, 2.24) is 19.5 Å². The summed E-state index contributed by atoms with van der Waals surface area (Å²) in [6.45, 7) is 3.67. The molecule has 2 aromatic rings. The quantitative estimate of drug-likeness (QED) is 0.898. The maximum atomic E-state index is 12.5. The fourth-order valence-corrected chi connectivity index (χ4v) is 3.15. The van der Waals surface area contributed by atoms with E-state index in [1.807, 2.05) is 0 Å². The Kier molecular flexibility index (Phi) is 4.29. The van der Waals surface area contributed by atoms with Gasteiger partial charge in [0.25, 0.3) is 0 Å². The van der Waals surface area contributed by atoms with Crippen molar-refractivity contribution in [1.29, 1.82) is 0 Å². The lowest BCUT2D eigenvalue weighted by Gasteiger charge is -2.16. The standard InChI is InChI=1S/C13H18N4O3S/c1-9-7-11(5-6-12(9)20-4)21(18,19)17(3)8-13-14-10(2)15-16-13/h5-7H,8H2,1-4H3,(H,14,15,16). The maximum absolute atomic E-state index is 12.5. The highest BCUT2D eigenvalue weighted by Crippen LogP contribution is 2.23. The highest BCUT2D eigenvalue weighted by Gasteiger charge is 2.22. The molecule has 21 heavy (non-hydrogen) atoms. The number of aryl methyl sites for hydroxylation is 2. The van der Waals surface area contributed by atoms with E-state index in [0.29, 0.717) is 17.4 Å². The lowest BCUT2D eigenvalue weighted by atomic mass is 10.2. The summed E-state index contributed by atoms with van der Waals surface area (Å²) in [5.74, 6) is 1.74. The van der Waals surface area contributed by atoms with Crippen molar-refractivity contribution in [3.05, 3.63) is 35.4 Å². The van der Waals surface area contributed by atoms with Gasteiger partial charge < -0.3 is 4.74 Å². The van der Waals surface area contributed by atoms with Gasteiger partial charge in [-0.1, -0.05) is 0 Å². The highest BCUT2D eigenvalue weighted by atomic mass is 32.2. The van der Waals surface area contributed by atoms with Gasteiger partial charge >= 0.3 is 0 Å². The molecule has 0 saturated heterocycles. The first-order valence-corrected chi connectivity index (χ1v) is 7.77. The van der Waals surface area contributed by atoms with Crippen LogP contribution in [-0.4, -0.2) is 42.1 Å². The van der Waals surface area contributed by atoms with Crippen molar-refractivity contribution in [3.63, 3.8) is 0 Å². The van der Waals surface area contributed by atoms with Gasteiger partial charge in [-0.05, 0) is 37.6 Å².